The molecule has 1 aromatic carbocycles. The Morgan fingerprint density at radius 3 is 3.00 bits per heavy atom. The number of hydrogen-bond donors (Lipinski definition) is 3. The zero-order valence-electron chi connectivity index (χ0n) is 19.2. The van der Waals surface area contributed by atoms with Crippen molar-refractivity contribution in [2.45, 2.75) is 25.9 Å². The number of pyridine rings is 2. The number of halogens is 1. The summed E-state index contributed by atoms with van der Waals surface area (Å²) in [6.07, 6.45) is 4.12. The van der Waals surface area contributed by atoms with Gasteiger partial charge < -0.3 is 25.4 Å². The van der Waals surface area contributed by atoms with Crippen LogP contribution in [0.5, 0.6) is 5.88 Å². The lowest BCUT2D eigenvalue weighted by Gasteiger charge is -2.29. The first-order valence-electron chi connectivity index (χ1n) is 11.3. The van der Waals surface area contributed by atoms with E-state index in [4.69, 9.17) is 15.2 Å². The molecule has 0 unspecified atom stereocenters. The van der Waals surface area contributed by atoms with Gasteiger partial charge in [-0.05, 0) is 56.4 Å². The third-order valence-corrected chi connectivity index (χ3v) is 6.32. The maximum atomic E-state index is 15.3. The Bertz CT molecular complexity index is 1270. The standard InChI is InChI=1S/C24H27FN6O3/c1-13-17(10-29-23-22(13)27-5-7-33-23)16-8-14-9-19(28-11-18(14)21(26)20(16)25)30-24(32)34-15-4-3-6-31(2)12-15/h8-11,15,27H,3-7,12,26H2,1-2H3,(H,28,30,32)/t15-/m1/s1. The number of amides is 1. The summed E-state index contributed by atoms with van der Waals surface area (Å²) in [5, 5.41) is 7.04. The molecular formula is C24H27FN6O3. The summed E-state index contributed by atoms with van der Waals surface area (Å²) >= 11 is 0. The average molecular weight is 467 g/mol. The number of likely N-dealkylation sites (tertiary alicyclic amines) is 1. The molecule has 0 bridgehead atoms. The molecule has 0 saturated carbocycles. The fourth-order valence-corrected chi connectivity index (χ4v) is 4.56. The molecule has 1 fully saturated rings. The van der Waals surface area contributed by atoms with Gasteiger partial charge in [-0.25, -0.2) is 19.2 Å². The molecule has 4 heterocycles. The molecule has 5 rings (SSSR count). The number of benzene rings is 1. The second-order valence-electron chi connectivity index (χ2n) is 8.75. The van der Waals surface area contributed by atoms with Gasteiger partial charge in [-0.1, -0.05) is 0 Å². The van der Waals surface area contributed by atoms with Crippen LogP contribution in [-0.2, 0) is 4.74 Å². The van der Waals surface area contributed by atoms with Crippen molar-refractivity contribution < 1.29 is 18.7 Å². The molecule has 1 amide bonds. The Kier molecular flexibility index (Phi) is 5.82. The zero-order chi connectivity index (χ0) is 23.8. The van der Waals surface area contributed by atoms with Crippen molar-refractivity contribution in [2.24, 2.45) is 0 Å². The summed E-state index contributed by atoms with van der Waals surface area (Å²) in [6, 6.07) is 3.35. The molecule has 3 aromatic rings. The Labute approximate surface area is 196 Å². The monoisotopic (exact) mass is 466 g/mol. The van der Waals surface area contributed by atoms with E-state index < -0.39 is 11.9 Å². The van der Waals surface area contributed by atoms with Crippen LogP contribution < -0.4 is 21.1 Å². The molecule has 1 atom stereocenters. The number of ether oxygens (including phenoxy) is 2. The van der Waals surface area contributed by atoms with E-state index >= 15 is 4.39 Å². The first-order valence-corrected chi connectivity index (χ1v) is 11.3. The third kappa shape index (κ3) is 4.16. The number of nitrogens with one attached hydrogen (secondary N) is 2. The SMILES string of the molecule is Cc1c(-c2cc3cc(NC(=O)O[C@@H]4CCCN(C)C4)ncc3c(N)c2F)cnc2c1NCCO2. The molecule has 9 nitrogen and oxygen atoms in total. The lowest BCUT2D eigenvalue weighted by atomic mass is 9.97. The summed E-state index contributed by atoms with van der Waals surface area (Å²) in [7, 11) is 2.00. The number of carbonyl (C=O) groups excluding carboxylic acids is 1. The molecule has 0 radical (unpaired) electrons. The van der Waals surface area contributed by atoms with Crippen LogP contribution in [-0.4, -0.2) is 60.4 Å². The molecule has 0 spiro atoms. The first-order chi connectivity index (χ1) is 16.4. The third-order valence-electron chi connectivity index (χ3n) is 6.32. The minimum Gasteiger partial charge on any atom is -0.474 e. The number of hydrogen-bond acceptors (Lipinski definition) is 8. The van der Waals surface area contributed by atoms with E-state index in [0.29, 0.717) is 53.3 Å². The number of likely N-dealkylation sites (N-methyl/N-ethyl adjacent to an activating group) is 1. The van der Waals surface area contributed by atoms with E-state index in [1.165, 1.54) is 6.20 Å². The number of nitrogens with two attached hydrogens (primary N) is 1. The van der Waals surface area contributed by atoms with Crippen LogP contribution >= 0.6 is 0 Å². The topological polar surface area (TPSA) is 115 Å². The van der Waals surface area contributed by atoms with Gasteiger partial charge in [-0.3, -0.25) is 5.32 Å². The Hall–Kier alpha value is -3.66. The van der Waals surface area contributed by atoms with Gasteiger partial charge in [0.25, 0.3) is 0 Å². The van der Waals surface area contributed by atoms with Crippen LogP contribution in [0.4, 0.5) is 26.4 Å². The minimum atomic E-state index is -0.566. The van der Waals surface area contributed by atoms with Crippen molar-refractivity contribution >= 4 is 34.1 Å². The average Bonchev–Trinajstić information content (AvgIpc) is 2.82. The van der Waals surface area contributed by atoms with E-state index in [2.05, 4.69) is 25.5 Å². The van der Waals surface area contributed by atoms with Gasteiger partial charge >= 0.3 is 6.09 Å². The van der Waals surface area contributed by atoms with Gasteiger partial charge in [0.2, 0.25) is 5.88 Å². The highest BCUT2D eigenvalue weighted by atomic mass is 19.1. The van der Waals surface area contributed by atoms with Crippen molar-refractivity contribution in [3.05, 3.63) is 35.9 Å². The van der Waals surface area contributed by atoms with Crippen molar-refractivity contribution in [2.75, 3.05) is 49.7 Å². The quantitative estimate of drug-likeness (QED) is 0.500. The smallest absolute Gasteiger partial charge is 0.413 e. The van der Waals surface area contributed by atoms with Gasteiger partial charge in [0.1, 0.15) is 24.2 Å². The minimum absolute atomic E-state index is 0.0132. The van der Waals surface area contributed by atoms with Gasteiger partial charge in [-0.15, -0.1) is 0 Å². The molecule has 0 aliphatic carbocycles. The highest BCUT2D eigenvalue weighted by Gasteiger charge is 2.23. The van der Waals surface area contributed by atoms with Crippen LogP contribution in [0.2, 0.25) is 0 Å². The van der Waals surface area contributed by atoms with E-state index in [-0.39, 0.29) is 11.8 Å². The second kappa shape index (κ2) is 8.94. The predicted molar refractivity (Wildman–Crippen MR) is 129 cm³/mol. The normalized spacial score (nSPS) is 18.0. The molecule has 178 valence electrons. The van der Waals surface area contributed by atoms with Gasteiger partial charge in [0.15, 0.2) is 5.82 Å². The molecule has 2 aliphatic rings. The number of rotatable bonds is 3. The fraction of sp³-hybridized carbons (Fsp3) is 0.375. The van der Waals surface area contributed by atoms with E-state index in [1.807, 2.05) is 14.0 Å². The van der Waals surface area contributed by atoms with Crippen LogP contribution in [0.25, 0.3) is 21.9 Å². The lowest BCUT2D eigenvalue weighted by Crippen LogP contribution is -2.38. The van der Waals surface area contributed by atoms with Crippen LogP contribution in [0, 0.1) is 12.7 Å². The largest absolute Gasteiger partial charge is 0.474 e. The van der Waals surface area contributed by atoms with Crippen molar-refractivity contribution in [3.8, 4) is 17.0 Å². The van der Waals surface area contributed by atoms with Gasteiger partial charge in [0, 0.05) is 42.0 Å². The summed E-state index contributed by atoms with van der Waals surface area (Å²) < 4.78 is 26.4. The fourth-order valence-electron chi connectivity index (χ4n) is 4.56. The van der Waals surface area contributed by atoms with Crippen molar-refractivity contribution in [1.82, 2.24) is 14.9 Å². The first kappa shape index (κ1) is 22.1. The molecule has 2 aliphatic heterocycles. The van der Waals surface area contributed by atoms with E-state index in [1.54, 1.807) is 18.3 Å². The molecule has 1 saturated heterocycles. The van der Waals surface area contributed by atoms with Gasteiger partial charge in [0.05, 0.1) is 5.69 Å². The zero-order valence-corrected chi connectivity index (χ0v) is 19.2. The van der Waals surface area contributed by atoms with Crippen molar-refractivity contribution in [3.63, 3.8) is 0 Å². The number of fused-ring (bicyclic) bond motifs is 2. The van der Waals surface area contributed by atoms with Crippen LogP contribution in [0.15, 0.2) is 24.5 Å². The summed E-state index contributed by atoms with van der Waals surface area (Å²) in [4.78, 5) is 23.1. The van der Waals surface area contributed by atoms with Crippen LogP contribution in [0.1, 0.15) is 18.4 Å². The predicted octanol–water partition coefficient (Wildman–Crippen LogP) is 3.77. The van der Waals surface area contributed by atoms with E-state index in [9.17, 15) is 4.79 Å². The summed E-state index contributed by atoms with van der Waals surface area (Å²) in [5.74, 6) is 0.256. The number of aromatic nitrogens is 2. The molecule has 2 aromatic heterocycles. The second-order valence-corrected chi connectivity index (χ2v) is 8.75. The number of nitrogen functional groups attached to an aromatic ring is 1. The maximum Gasteiger partial charge on any atom is 0.413 e. The molecule has 34 heavy (non-hydrogen) atoms. The highest BCUT2D eigenvalue weighted by molar-refractivity contribution is 5.99. The Morgan fingerprint density at radius 1 is 1.32 bits per heavy atom. The number of nitrogens with zero attached hydrogens (tertiary/aromatic N) is 3. The lowest BCUT2D eigenvalue weighted by molar-refractivity contribution is 0.0593. The van der Waals surface area contributed by atoms with E-state index in [0.717, 1.165) is 30.6 Å². The maximum absolute atomic E-state index is 15.3. The number of carbonyl (C=O) groups is 1. The number of anilines is 3. The summed E-state index contributed by atoms with van der Waals surface area (Å²) in [6.45, 7) is 4.76. The Morgan fingerprint density at radius 2 is 2.18 bits per heavy atom. The van der Waals surface area contributed by atoms with Crippen molar-refractivity contribution in [1.29, 1.82) is 0 Å². The van der Waals surface area contributed by atoms with Gasteiger partial charge in [-0.2, -0.15) is 0 Å². The van der Waals surface area contributed by atoms with Crippen LogP contribution in [0.3, 0.4) is 0 Å². The number of piperidine rings is 1. The Balaban J connectivity index is 1.45. The molecule has 10 heteroatoms. The summed E-state index contributed by atoms with van der Waals surface area (Å²) in [5.41, 5.74) is 8.61. The molecule has 4 N–H and O–H groups in total. The molecular weight excluding hydrogens is 439 g/mol. The highest BCUT2D eigenvalue weighted by Crippen LogP contribution is 2.39.